The van der Waals surface area contributed by atoms with Gasteiger partial charge in [0.15, 0.2) is 6.29 Å². The second kappa shape index (κ2) is 8.71. The quantitative estimate of drug-likeness (QED) is 0.824. The molecule has 2 aliphatic rings. The zero-order valence-corrected chi connectivity index (χ0v) is 15.9. The molecular weight excluding hydrogens is 356 g/mol. The predicted molar refractivity (Wildman–Crippen MR) is 105 cm³/mol. The molecule has 2 heterocycles. The lowest BCUT2D eigenvalue weighted by Crippen LogP contribution is -2.46. The van der Waals surface area contributed by atoms with Crippen LogP contribution in [0.25, 0.3) is 10.8 Å². The number of amides is 2. The lowest BCUT2D eigenvalue weighted by atomic mass is 9.96. The lowest BCUT2D eigenvalue weighted by molar-refractivity contribution is -0.202. The second-order valence-electron chi connectivity index (χ2n) is 7.50. The Bertz CT molecular complexity index is 842. The number of nitrogens with one attached hydrogen (secondary N) is 1. The van der Waals surface area contributed by atoms with Crippen LogP contribution in [-0.4, -0.2) is 42.7 Å². The van der Waals surface area contributed by atoms with Crippen LogP contribution in [0.1, 0.15) is 42.5 Å². The molecule has 28 heavy (non-hydrogen) atoms. The first-order chi connectivity index (χ1) is 13.7. The highest BCUT2D eigenvalue weighted by molar-refractivity contribution is 6.07. The highest BCUT2D eigenvalue weighted by Gasteiger charge is 2.30. The number of fused-ring (bicyclic) bond motifs is 1. The Morgan fingerprint density at radius 3 is 2.75 bits per heavy atom. The summed E-state index contributed by atoms with van der Waals surface area (Å²) >= 11 is 0. The van der Waals surface area contributed by atoms with Crippen molar-refractivity contribution in [3.63, 3.8) is 0 Å². The Labute approximate surface area is 164 Å². The molecule has 0 bridgehead atoms. The third-order valence-corrected chi connectivity index (χ3v) is 5.53. The van der Waals surface area contributed by atoms with E-state index in [1.807, 2.05) is 42.5 Å². The SMILES string of the molecule is O=C(NO[C@H]1CCCCO1)[C@@H]1CCCN(C(=O)c2cccc3ccccc23)C1. The van der Waals surface area contributed by atoms with Gasteiger partial charge in [0.2, 0.25) is 5.91 Å². The van der Waals surface area contributed by atoms with Crippen LogP contribution in [0, 0.1) is 5.92 Å². The molecule has 0 spiro atoms. The fourth-order valence-corrected chi connectivity index (χ4v) is 3.97. The standard InChI is InChI=1S/C22H26N2O4/c25-21(23-28-20-12-3-4-14-27-20)17-9-6-13-24(15-17)22(26)19-11-5-8-16-7-1-2-10-18(16)19/h1-2,5,7-8,10-11,17,20H,3-4,6,9,12-15H2,(H,23,25)/t17-,20+/m1/s1. The van der Waals surface area contributed by atoms with Gasteiger partial charge in [0.05, 0.1) is 5.92 Å². The third-order valence-electron chi connectivity index (χ3n) is 5.53. The van der Waals surface area contributed by atoms with E-state index in [1.165, 1.54) is 0 Å². The molecule has 1 N–H and O–H groups in total. The van der Waals surface area contributed by atoms with E-state index in [2.05, 4.69) is 5.48 Å². The Hall–Kier alpha value is -2.44. The molecule has 2 aliphatic heterocycles. The molecule has 2 atom stereocenters. The molecule has 0 aliphatic carbocycles. The van der Waals surface area contributed by atoms with Crippen molar-refractivity contribution < 1.29 is 19.2 Å². The molecule has 2 saturated heterocycles. The summed E-state index contributed by atoms with van der Waals surface area (Å²) < 4.78 is 5.47. The van der Waals surface area contributed by atoms with Crippen LogP contribution in [0.3, 0.4) is 0 Å². The number of rotatable bonds is 4. The average molecular weight is 382 g/mol. The number of piperidine rings is 1. The van der Waals surface area contributed by atoms with Gasteiger partial charge in [-0.15, -0.1) is 0 Å². The van der Waals surface area contributed by atoms with E-state index >= 15 is 0 Å². The van der Waals surface area contributed by atoms with Crippen molar-refractivity contribution in [2.24, 2.45) is 5.92 Å². The van der Waals surface area contributed by atoms with Crippen LogP contribution in [0.15, 0.2) is 42.5 Å². The summed E-state index contributed by atoms with van der Waals surface area (Å²) in [7, 11) is 0. The summed E-state index contributed by atoms with van der Waals surface area (Å²) in [6.45, 7) is 1.73. The molecular formula is C22H26N2O4. The van der Waals surface area contributed by atoms with Crippen molar-refractivity contribution in [2.45, 2.75) is 38.4 Å². The number of ether oxygens (including phenoxy) is 1. The van der Waals surface area contributed by atoms with Crippen LogP contribution in [-0.2, 0) is 14.4 Å². The third kappa shape index (κ3) is 4.18. The average Bonchev–Trinajstić information content (AvgIpc) is 2.77. The molecule has 6 nitrogen and oxygen atoms in total. The van der Waals surface area contributed by atoms with Crippen molar-refractivity contribution in [2.75, 3.05) is 19.7 Å². The summed E-state index contributed by atoms with van der Waals surface area (Å²) in [4.78, 5) is 32.9. The molecule has 2 fully saturated rings. The highest BCUT2D eigenvalue weighted by atomic mass is 16.8. The van der Waals surface area contributed by atoms with E-state index in [0.29, 0.717) is 25.3 Å². The van der Waals surface area contributed by atoms with E-state index in [4.69, 9.17) is 9.57 Å². The van der Waals surface area contributed by atoms with Gasteiger partial charge in [0.1, 0.15) is 0 Å². The number of carbonyl (C=O) groups is 2. The molecule has 4 rings (SSSR count). The fraction of sp³-hybridized carbons (Fsp3) is 0.455. The van der Waals surface area contributed by atoms with Crippen LogP contribution in [0.5, 0.6) is 0 Å². The van der Waals surface area contributed by atoms with Crippen LogP contribution in [0.2, 0.25) is 0 Å². The maximum absolute atomic E-state index is 13.1. The van der Waals surface area contributed by atoms with Gasteiger partial charge >= 0.3 is 0 Å². The Balaban J connectivity index is 1.40. The number of nitrogens with zero attached hydrogens (tertiary/aromatic N) is 1. The van der Waals surface area contributed by atoms with Crippen molar-refractivity contribution in [1.29, 1.82) is 0 Å². The summed E-state index contributed by atoms with van der Waals surface area (Å²) in [5.41, 5.74) is 3.24. The Morgan fingerprint density at radius 1 is 1.04 bits per heavy atom. The zero-order chi connectivity index (χ0) is 19.3. The molecule has 148 valence electrons. The number of likely N-dealkylation sites (tertiary alicyclic amines) is 1. The largest absolute Gasteiger partial charge is 0.350 e. The van der Waals surface area contributed by atoms with Gasteiger partial charge in [-0.2, -0.15) is 0 Å². The van der Waals surface area contributed by atoms with Gasteiger partial charge in [-0.3, -0.25) is 9.59 Å². The minimum atomic E-state index is -0.366. The molecule has 6 heteroatoms. The maximum Gasteiger partial charge on any atom is 0.254 e. The molecule has 0 saturated carbocycles. The van der Waals surface area contributed by atoms with Crippen molar-refractivity contribution in [3.8, 4) is 0 Å². The van der Waals surface area contributed by atoms with Gasteiger partial charge in [-0.25, -0.2) is 10.3 Å². The molecule has 2 aromatic carbocycles. The van der Waals surface area contributed by atoms with Crippen molar-refractivity contribution in [1.82, 2.24) is 10.4 Å². The van der Waals surface area contributed by atoms with Crippen molar-refractivity contribution in [3.05, 3.63) is 48.0 Å². The second-order valence-corrected chi connectivity index (χ2v) is 7.50. The van der Waals surface area contributed by atoms with E-state index in [1.54, 1.807) is 4.90 Å². The van der Waals surface area contributed by atoms with Gasteiger partial charge in [0, 0.05) is 31.7 Å². The normalized spacial score (nSPS) is 22.8. The monoisotopic (exact) mass is 382 g/mol. The molecule has 2 aromatic rings. The van der Waals surface area contributed by atoms with E-state index in [9.17, 15) is 9.59 Å². The number of hydrogen-bond acceptors (Lipinski definition) is 4. The van der Waals surface area contributed by atoms with Gasteiger partial charge in [-0.1, -0.05) is 36.4 Å². The van der Waals surface area contributed by atoms with Crippen molar-refractivity contribution >= 4 is 22.6 Å². The predicted octanol–water partition coefficient (Wildman–Crippen LogP) is 3.27. The summed E-state index contributed by atoms with van der Waals surface area (Å²) in [5.74, 6) is -0.466. The molecule has 0 radical (unpaired) electrons. The van der Waals surface area contributed by atoms with Gasteiger partial charge in [-0.05, 0) is 42.5 Å². The Kier molecular flexibility index (Phi) is 5.88. The van der Waals surface area contributed by atoms with Crippen LogP contribution in [0.4, 0.5) is 0 Å². The lowest BCUT2D eigenvalue weighted by Gasteiger charge is -2.32. The van der Waals surface area contributed by atoms with Gasteiger partial charge < -0.3 is 9.64 Å². The molecule has 2 amide bonds. The van der Waals surface area contributed by atoms with Crippen LogP contribution < -0.4 is 5.48 Å². The van der Waals surface area contributed by atoms with Gasteiger partial charge in [0.25, 0.3) is 5.91 Å². The first-order valence-corrected chi connectivity index (χ1v) is 10.1. The summed E-state index contributed by atoms with van der Waals surface area (Å²) in [6.07, 6.45) is 4.04. The molecule has 0 unspecified atom stereocenters. The van der Waals surface area contributed by atoms with E-state index in [0.717, 1.165) is 42.9 Å². The number of hydroxylamine groups is 1. The number of benzene rings is 2. The minimum absolute atomic E-state index is 0.0224. The highest BCUT2D eigenvalue weighted by Crippen LogP contribution is 2.24. The summed E-state index contributed by atoms with van der Waals surface area (Å²) in [6, 6.07) is 13.6. The Morgan fingerprint density at radius 2 is 1.89 bits per heavy atom. The van der Waals surface area contributed by atoms with Crippen LogP contribution >= 0.6 is 0 Å². The first kappa shape index (κ1) is 18.9. The topological polar surface area (TPSA) is 67.9 Å². The maximum atomic E-state index is 13.1. The van der Waals surface area contributed by atoms with E-state index < -0.39 is 0 Å². The fourth-order valence-electron chi connectivity index (χ4n) is 3.97. The minimum Gasteiger partial charge on any atom is -0.350 e. The molecule has 0 aromatic heterocycles. The smallest absolute Gasteiger partial charge is 0.254 e. The zero-order valence-electron chi connectivity index (χ0n) is 15.9. The van der Waals surface area contributed by atoms with E-state index in [-0.39, 0.29) is 24.0 Å². The number of carbonyl (C=O) groups excluding carboxylic acids is 2. The summed E-state index contributed by atoms with van der Waals surface area (Å²) in [5, 5.41) is 1.99. The first-order valence-electron chi connectivity index (χ1n) is 10.1. The number of hydrogen-bond donors (Lipinski definition) is 1.